The lowest BCUT2D eigenvalue weighted by Crippen LogP contribution is -2.17. The van der Waals surface area contributed by atoms with Gasteiger partial charge in [0, 0.05) is 0 Å². The molecule has 6 heteroatoms. The van der Waals surface area contributed by atoms with Crippen LogP contribution in [0, 0.1) is 13.8 Å². The Morgan fingerprint density at radius 3 is 2.42 bits per heavy atom. The predicted octanol–water partition coefficient (Wildman–Crippen LogP) is 4.25. The third-order valence-corrected chi connectivity index (χ3v) is 5.06. The van der Waals surface area contributed by atoms with Crippen molar-refractivity contribution < 1.29 is 14.3 Å². The van der Waals surface area contributed by atoms with Gasteiger partial charge in [-0.15, -0.1) is 0 Å². The molecule has 0 bridgehead atoms. The van der Waals surface area contributed by atoms with Crippen LogP contribution in [0.15, 0.2) is 47.4 Å². The largest absolute Gasteiger partial charge is 0.490 e. The van der Waals surface area contributed by atoms with Crippen LogP contribution in [0.3, 0.4) is 0 Å². The van der Waals surface area contributed by atoms with E-state index in [9.17, 15) is 4.79 Å². The van der Waals surface area contributed by atoms with Crippen molar-refractivity contribution in [3.05, 3.63) is 64.1 Å². The average molecular weight is 386 g/mol. The molecule has 0 aliphatic carbocycles. The van der Waals surface area contributed by atoms with Gasteiger partial charge in [-0.05, 0) is 60.9 Å². The number of benzene rings is 2. The van der Waals surface area contributed by atoms with Crippen LogP contribution in [0.5, 0.6) is 11.5 Å². The highest BCUT2D eigenvalue weighted by Gasteiger charge is 2.21. The fourth-order valence-electron chi connectivity index (χ4n) is 2.39. The van der Waals surface area contributed by atoms with Crippen molar-refractivity contribution in [2.24, 2.45) is 0 Å². The molecule has 1 aliphatic heterocycles. The number of rotatable bonds is 6. The standard InChI is InChI=1S/C20H19NO3S2/c1-13-6-7-17(10-14(13)2)24-9-8-23-16-5-3-4-15(11-16)12-18-19(22)21-20(25)26-18/h3-7,10-12H,8-9H2,1-2H3,(H,21,22,25). The Morgan fingerprint density at radius 1 is 1.04 bits per heavy atom. The first-order chi connectivity index (χ1) is 12.5. The van der Waals surface area contributed by atoms with Crippen LogP contribution in [-0.4, -0.2) is 23.4 Å². The number of hydrogen-bond donors (Lipinski definition) is 1. The van der Waals surface area contributed by atoms with Gasteiger partial charge < -0.3 is 14.8 Å². The number of ether oxygens (including phenoxy) is 2. The van der Waals surface area contributed by atoms with Crippen molar-refractivity contribution in [2.75, 3.05) is 13.2 Å². The summed E-state index contributed by atoms with van der Waals surface area (Å²) in [4.78, 5) is 12.3. The van der Waals surface area contributed by atoms with Crippen molar-refractivity contribution in [2.45, 2.75) is 13.8 Å². The van der Waals surface area contributed by atoms with Gasteiger partial charge in [0.15, 0.2) is 0 Å². The second kappa shape index (κ2) is 8.38. The maximum Gasteiger partial charge on any atom is 0.263 e. The molecule has 1 aliphatic rings. The van der Waals surface area contributed by atoms with Crippen LogP contribution >= 0.6 is 24.0 Å². The molecule has 2 aromatic rings. The molecule has 1 saturated heterocycles. The zero-order valence-corrected chi connectivity index (χ0v) is 16.2. The number of aryl methyl sites for hydroxylation is 2. The first kappa shape index (κ1) is 18.5. The van der Waals surface area contributed by atoms with Gasteiger partial charge in [-0.2, -0.15) is 0 Å². The number of carbonyl (C=O) groups is 1. The molecule has 1 N–H and O–H groups in total. The Kier molecular flexibility index (Phi) is 5.96. The zero-order chi connectivity index (χ0) is 18.5. The highest BCUT2D eigenvalue weighted by molar-refractivity contribution is 8.26. The Labute approximate surface area is 162 Å². The summed E-state index contributed by atoms with van der Waals surface area (Å²) in [6, 6.07) is 13.6. The summed E-state index contributed by atoms with van der Waals surface area (Å²) in [5.41, 5.74) is 3.34. The van der Waals surface area contributed by atoms with E-state index in [1.165, 1.54) is 22.9 Å². The normalized spacial score (nSPS) is 15.2. The van der Waals surface area contributed by atoms with E-state index >= 15 is 0 Å². The van der Waals surface area contributed by atoms with Crippen LogP contribution in [0.25, 0.3) is 6.08 Å². The van der Waals surface area contributed by atoms with E-state index < -0.39 is 0 Å². The van der Waals surface area contributed by atoms with Crippen LogP contribution in [-0.2, 0) is 4.79 Å². The summed E-state index contributed by atoms with van der Waals surface area (Å²) >= 11 is 6.26. The first-order valence-electron chi connectivity index (χ1n) is 8.19. The van der Waals surface area contributed by atoms with Crippen molar-refractivity contribution >= 4 is 40.3 Å². The molecule has 1 heterocycles. The van der Waals surface area contributed by atoms with Crippen LogP contribution in [0.2, 0.25) is 0 Å². The fourth-order valence-corrected chi connectivity index (χ4v) is 3.43. The average Bonchev–Trinajstić information content (AvgIpc) is 2.92. The number of hydrogen-bond acceptors (Lipinski definition) is 5. The third-order valence-electron chi connectivity index (χ3n) is 3.90. The van der Waals surface area contributed by atoms with E-state index in [0.29, 0.717) is 22.4 Å². The summed E-state index contributed by atoms with van der Waals surface area (Å²) in [6.45, 7) is 5.03. The van der Waals surface area contributed by atoms with Gasteiger partial charge in [0.2, 0.25) is 0 Å². The molecule has 2 aromatic carbocycles. The van der Waals surface area contributed by atoms with Gasteiger partial charge in [-0.25, -0.2) is 0 Å². The molecule has 0 atom stereocenters. The molecule has 26 heavy (non-hydrogen) atoms. The van der Waals surface area contributed by atoms with E-state index in [1.807, 2.05) is 42.5 Å². The monoisotopic (exact) mass is 385 g/mol. The fraction of sp³-hybridized carbons (Fsp3) is 0.200. The predicted molar refractivity (Wildman–Crippen MR) is 110 cm³/mol. The van der Waals surface area contributed by atoms with E-state index in [2.05, 4.69) is 19.2 Å². The summed E-state index contributed by atoms with van der Waals surface area (Å²) < 4.78 is 12.0. The van der Waals surface area contributed by atoms with Gasteiger partial charge in [0.25, 0.3) is 5.91 Å². The second-order valence-corrected chi connectivity index (χ2v) is 7.59. The lowest BCUT2D eigenvalue weighted by molar-refractivity contribution is -0.115. The minimum Gasteiger partial charge on any atom is -0.490 e. The molecule has 0 saturated carbocycles. The Hall–Kier alpha value is -2.31. The van der Waals surface area contributed by atoms with Crippen LogP contribution < -0.4 is 14.8 Å². The topological polar surface area (TPSA) is 47.6 Å². The van der Waals surface area contributed by atoms with E-state index in [-0.39, 0.29) is 5.91 Å². The van der Waals surface area contributed by atoms with Crippen LogP contribution in [0.1, 0.15) is 16.7 Å². The molecule has 0 unspecified atom stereocenters. The smallest absolute Gasteiger partial charge is 0.263 e. The number of carbonyl (C=O) groups excluding carboxylic acids is 1. The highest BCUT2D eigenvalue weighted by Crippen LogP contribution is 2.26. The molecule has 0 radical (unpaired) electrons. The lowest BCUT2D eigenvalue weighted by Gasteiger charge is -2.10. The lowest BCUT2D eigenvalue weighted by atomic mass is 10.1. The minimum atomic E-state index is -0.159. The van der Waals surface area contributed by atoms with E-state index in [0.717, 1.165) is 17.1 Å². The molecule has 0 aromatic heterocycles. The van der Waals surface area contributed by atoms with Gasteiger partial charge in [0.1, 0.15) is 29.0 Å². The van der Waals surface area contributed by atoms with E-state index in [4.69, 9.17) is 21.7 Å². The molecule has 1 fully saturated rings. The van der Waals surface area contributed by atoms with Crippen molar-refractivity contribution in [3.63, 3.8) is 0 Å². The Balaban J connectivity index is 1.54. The number of nitrogens with one attached hydrogen (secondary N) is 1. The van der Waals surface area contributed by atoms with Crippen molar-refractivity contribution in [1.82, 2.24) is 5.32 Å². The summed E-state index contributed by atoms with van der Waals surface area (Å²) in [5, 5.41) is 2.61. The second-order valence-electron chi connectivity index (χ2n) is 5.87. The van der Waals surface area contributed by atoms with Gasteiger partial charge in [-0.1, -0.05) is 42.2 Å². The van der Waals surface area contributed by atoms with Crippen LogP contribution in [0.4, 0.5) is 0 Å². The molecule has 1 amide bonds. The molecule has 3 rings (SSSR count). The molecule has 4 nitrogen and oxygen atoms in total. The number of thioether (sulfide) groups is 1. The summed E-state index contributed by atoms with van der Waals surface area (Å²) in [7, 11) is 0. The van der Waals surface area contributed by atoms with Crippen molar-refractivity contribution in [3.8, 4) is 11.5 Å². The Morgan fingerprint density at radius 2 is 1.77 bits per heavy atom. The van der Waals surface area contributed by atoms with Crippen molar-refractivity contribution in [1.29, 1.82) is 0 Å². The molecular formula is C20H19NO3S2. The number of thiocarbonyl (C=S) groups is 1. The maximum atomic E-state index is 11.7. The molecular weight excluding hydrogens is 366 g/mol. The summed E-state index contributed by atoms with van der Waals surface area (Å²) in [6.07, 6.45) is 1.80. The highest BCUT2D eigenvalue weighted by atomic mass is 32.2. The summed E-state index contributed by atoms with van der Waals surface area (Å²) in [5.74, 6) is 1.41. The zero-order valence-electron chi connectivity index (χ0n) is 14.6. The van der Waals surface area contributed by atoms with Gasteiger partial charge in [-0.3, -0.25) is 4.79 Å². The number of amides is 1. The maximum absolute atomic E-state index is 11.7. The van der Waals surface area contributed by atoms with Gasteiger partial charge >= 0.3 is 0 Å². The first-order valence-corrected chi connectivity index (χ1v) is 9.41. The molecule has 0 spiro atoms. The quantitative estimate of drug-likeness (QED) is 0.458. The molecule has 134 valence electrons. The SMILES string of the molecule is Cc1ccc(OCCOc2cccc(C=C3SC(=S)NC3=O)c2)cc1C. The van der Waals surface area contributed by atoms with E-state index in [1.54, 1.807) is 6.08 Å². The van der Waals surface area contributed by atoms with Gasteiger partial charge in [0.05, 0.1) is 4.91 Å². The third kappa shape index (κ3) is 4.86. The Bertz CT molecular complexity index is 877. The minimum absolute atomic E-state index is 0.159.